The van der Waals surface area contributed by atoms with Crippen LogP contribution in [0.1, 0.15) is 44.4 Å². The Morgan fingerprint density at radius 3 is 2.83 bits per heavy atom. The van der Waals surface area contributed by atoms with Crippen LogP contribution in [0.25, 0.3) is 0 Å². The highest BCUT2D eigenvalue weighted by atomic mass is 16.3. The number of amides is 1. The summed E-state index contributed by atoms with van der Waals surface area (Å²) in [5.74, 6) is 1.11. The SMILES string of the molecule is CCC(NCC(=O)N1CCCCC1)c1ccco1. The Morgan fingerprint density at radius 2 is 2.22 bits per heavy atom. The van der Waals surface area contributed by atoms with E-state index in [1.807, 2.05) is 17.0 Å². The molecule has 4 nitrogen and oxygen atoms in total. The summed E-state index contributed by atoms with van der Waals surface area (Å²) in [5, 5.41) is 3.28. The normalized spacial score (nSPS) is 17.7. The molecule has 1 aromatic rings. The fraction of sp³-hybridized carbons (Fsp3) is 0.643. The lowest BCUT2D eigenvalue weighted by Crippen LogP contribution is -2.41. The van der Waals surface area contributed by atoms with Crippen molar-refractivity contribution in [3.8, 4) is 0 Å². The Hall–Kier alpha value is -1.29. The molecular formula is C14H22N2O2. The van der Waals surface area contributed by atoms with Crippen molar-refractivity contribution in [2.45, 2.75) is 38.6 Å². The van der Waals surface area contributed by atoms with Gasteiger partial charge < -0.3 is 9.32 Å². The van der Waals surface area contributed by atoms with Crippen LogP contribution in [-0.2, 0) is 4.79 Å². The average molecular weight is 250 g/mol. The van der Waals surface area contributed by atoms with Crippen LogP contribution in [-0.4, -0.2) is 30.4 Å². The van der Waals surface area contributed by atoms with Crippen LogP contribution in [0.4, 0.5) is 0 Å². The van der Waals surface area contributed by atoms with Gasteiger partial charge in [0.2, 0.25) is 5.91 Å². The van der Waals surface area contributed by atoms with Gasteiger partial charge in [0, 0.05) is 13.1 Å². The van der Waals surface area contributed by atoms with Crippen molar-refractivity contribution in [3.05, 3.63) is 24.2 Å². The van der Waals surface area contributed by atoms with E-state index in [1.165, 1.54) is 6.42 Å². The number of furan rings is 1. The summed E-state index contributed by atoms with van der Waals surface area (Å²) in [6.45, 7) is 4.32. The molecular weight excluding hydrogens is 228 g/mol. The molecule has 0 bridgehead atoms. The molecule has 0 spiro atoms. The van der Waals surface area contributed by atoms with Crippen molar-refractivity contribution >= 4 is 5.91 Å². The first-order valence-electron chi connectivity index (χ1n) is 6.86. The van der Waals surface area contributed by atoms with Gasteiger partial charge in [0.1, 0.15) is 5.76 Å². The number of piperidine rings is 1. The summed E-state index contributed by atoms with van der Waals surface area (Å²) in [6.07, 6.45) is 6.12. The Kier molecular flexibility index (Phi) is 4.81. The van der Waals surface area contributed by atoms with Crippen LogP contribution in [0.3, 0.4) is 0 Å². The lowest BCUT2D eigenvalue weighted by molar-refractivity contribution is -0.131. The van der Waals surface area contributed by atoms with Crippen molar-refractivity contribution < 1.29 is 9.21 Å². The Balaban J connectivity index is 1.80. The molecule has 1 aliphatic rings. The summed E-state index contributed by atoms with van der Waals surface area (Å²) >= 11 is 0. The van der Waals surface area contributed by atoms with E-state index in [9.17, 15) is 4.79 Å². The predicted molar refractivity (Wildman–Crippen MR) is 70.2 cm³/mol. The number of carbonyl (C=O) groups excluding carboxylic acids is 1. The number of likely N-dealkylation sites (tertiary alicyclic amines) is 1. The summed E-state index contributed by atoms with van der Waals surface area (Å²) in [7, 11) is 0. The van der Waals surface area contributed by atoms with Crippen LogP contribution >= 0.6 is 0 Å². The van der Waals surface area contributed by atoms with Crippen molar-refractivity contribution in [2.24, 2.45) is 0 Å². The molecule has 0 saturated carbocycles. The van der Waals surface area contributed by atoms with Gasteiger partial charge in [-0.25, -0.2) is 0 Å². The molecule has 1 saturated heterocycles. The molecule has 18 heavy (non-hydrogen) atoms. The third-order valence-electron chi connectivity index (χ3n) is 3.50. The average Bonchev–Trinajstić information content (AvgIpc) is 2.94. The predicted octanol–water partition coefficient (Wildman–Crippen LogP) is 2.33. The monoisotopic (exact) mass is 250 g/mol. The van der Waals surface area contributed by atoms with Crippen LogP contribution < -0.4 is 5.32 Å². The maximum absolute atomic E-state index is 12.0. The first-order valence-corrected chi connectivity index (χ1v) is 6.86. The molecule has 0 radical (unpaired) electrons. The molecule has 0 aromatic carbocycles. The highest BCUT2D eigenvalue weighted by Crippen LogP contribution is 2.16. The van der Waals surface area contributed by atoms with Gasteiger partial charge >= 0.3 is 0 Å². The van der Waals surface area contributed by atoms with Gasteiger partial charge in [0.15, 0.2) is 0 Å². The van der Waals surface area contributed by atoms with E-state index >= 15 is 0 Å². The molecule has 1 aliphatic heterocycles. The minimum atomic E-state index is 0.133. The summed E-state index contributed by atoms with van der Waals surface area (Å²) in [6, 6.07) is 3.97. The Morgan fingerprint density at radius 1 is 1.44 bits per heavy atom. The lowest BCUT2D eigenvalue weighted by atomic mass is 10.1. The zero-order chi connectivity index (χ0) is 12.8. The zero-order valence-electron chi connectivity index (χ0n) is 11.0. The van der Waals surface area contributed by atoms with Crippen molar-refractivity contribution in [1.29, 1.82) is 0 Å². The van der Waals surface area contributed by atoms with Crippen LogP contribution in [0.15, 0.2) is 22.8 Å². The minimum Gasteiger partial charge on any atom is -0.468 e. The number of nitrogens with one attached hydrogen (secondary N) is 1. The summed E-state index contributed by atoms with van der Waals surface area (Å²) in [4.78, 5) is 14.0. The van der Waals surface area contributed by atoms with Gasteiger partial charge in [-0.05, 0) is 37.8 Å². The van der Waals surface area contributed by atoms with Crippen molar-refractivity contribution in [2.75, 3.05) is 19.6 Å². The first-order chi connectivity index (χ1) is 8.81. The number of hydrogen-bond donors (Lipinski definition) is 1. The number of carbonyl (C=O) groups is 1. The maximum Gasteiger partial charge on any atom is 0.236 e. The van der Waals surface area contributed by atoms with Gasteiger partial charge in [0.05, 0.1) is 18.8 Å². The van der Waals surface area contributed by atoms with E-state index in [1.54, 1.807) is 6.26 Å². The highest BCUT2D eigenvalue weighted by molar-refractivity contribution is 5.78. The standard InChI is InChI=1S/C14H22N2O2/c1-2-12(13-7-6-10-18-13)15-11-14(17)16-8-4-3-5-9-16/h6-7,10,12,15H,2-5,8-9,11H2,1H3. The molecule has 100 valence electrons. The van der Waals surface area contributed by atoms with Gasteiger partial charge in [-0.1, -0.05) is 6.92 Å². The van der Waals surface area contributed by atoms with Gasteiger partial charge in [-0.3, -0.25) is 10.1 Å². The summed E-state index contributed by atoms with van der Waals surface area (Å²) in [5.41, 5.74) is 0. The Bertz CT molecular complexity index is 356. The van der Waals surface area contributed by atoms with E-state index in [0.29, 0.717) is 6.54 Å². The minimum absolute atomic E-state index is 0.133. The maximum atomic E-state index is 12.0. The molecule has 1 aromatic heterocycles. The number of nitrogens with zero attached hydrogens (tertiary/aromatic N) is 1. The second-order valence-corrected chi connectivity index (χ2v) is 4.80. The highest BCUT2D eigenvalue weighted by Gasteiger charge is 2.18. The van der Waals surface area contributed by atoms with E-state index in [-0.39, 0.29) is 11.9 Å². The summed E-state index contributed by atoms with van der Waals surface area (Å²) < 4.78 is 5.38. The van der Waals surface area contributed by atoms with E-state index in [2.05, 4.69) is 12.2 Å². The molecule has 4 heteroatoms. The third kappa shape index (κ3) is 3.35. The molecule has 1 N–H and O–H groups in total. The van der Waals surface area contributed by atoms with E-state index in [4.69, 9.17) is 4.42 Å². The largest absolute Gasteiger partial charge is 0.468 e. The third-order valence-corrected chi connectivity index (χ3v) is 3.50. The molecule has 1 unspecified atom stereocenters. The van der Waals surface area contributed by atoms with Crippen molar-refractivity contribution in [1.82, 2.24) is 10.2 Å². The van der Waals surface area contributed by atoms with Gasteiger partial charge in [0.25, 0.3) is 0 Å². The Labute approximate surface area is 108 Å². The van der Waals surface area contributed by atoms with Gasteiger partial charge in [-0.2, -0.15) is 0 Å². The first kappa shape index (κ1) is 13.1. The molecule has 0 aliphatic carbocycles. The van der Waals surface area contributed by atoms with Crippen LogP contribution in [0, 0.1) is 0 Å². The fourth-order valence-corrected chi connectivity index (χ4v) is 2.40. The quantitative estimate of drug-likeness (QED) is 0.872. The van der Waals surface area contributed by atoms with Gasteiger partial charge in [-0.15, -0.1) is 0 Å². The fourth-order valence-electron chi connectivity index (χ4n) is 2.40. The molecule has 1 atom stereocenters. The number of hydrogen-bond acceptors (Lipinski definition) is 3. The van der Waals surface area contributed by atoms with E-state index < -0.39 is 0 Å². The van der Waals surface area contributed by atoms with Crippen LogP contribution in [0.2, 0.25) is 0 Å². The molecule has 1 fully saturated rings. The molecule has 1 amide bonds. The lowest BCUT2D eigenvalue weighted by Gasteiger charge is -2.27. The van der Waals surface area contributed by atoms with E-state index in [0.717, 1.165) is 38.1 Å². The molecule has 2 heterocycles. The zero-order valence-corrected chi connectivity index (χ0v) is 11.0. The number of rotatable bonds is 5. The van der Waals surface area contributed by atoms with Crippen molar-refractivity contribution in [3.63, 3.8) is 0 Å². The molecule has 2 rings (SSSR count). The van der Waals surface area contributed by atoms with Crippen LogP contribution in [0.5, 0.6) is 0 Å². The smallest absolute Gasteiger partial charge is 0.236 e. The topological polar surface area (TPSA) is 45.5 Å². The second-order valence-electron chi connectivity index (χ2n) is 4.80. The second kappa shape index (κ2) is 6.59.